The van der Waals surface area contributed by atoms with Gasteiger partial charge >= 0.3 is 0 Å². The largest absolute Gasteiger partial charge is 0.489 e. The van der Waals surface area contributed by atoms with Crippen LogP contribution in [0.4, 0.5) is 0 Å². The van der Waals surface area contributed by atoms with Crippen molar-refractivity contribution in [1.82, 2.24) is 4.90 Å². The van der Waals surface area contributed by atoms with Gasteiger partial charge in [0, 0.05) is 24.6 Å². The van der Waals surface area contributed by atoms with Crippen LogP contribution in [-0.2, 0) is 4.74 Å². The van der Waals surface area contributed by atoms with E-state index in [1.54, 1.807) is 0 Å². The Morgan fingerprint density at radius 2 is 2.10 bits per heavy atom. The molecule has 1 fully saturated rings. The summed E-state index contributed by atoms with van der Waals surface area (Å²) in [6.45, 7) is 8.09. The zero-order chi connectivity index (χ0) is 14.3. The molecule has 2 aliphatic rings. The second-order valence-electron chi connectivity index (χ2n) is 5.77. The van der Waals surface area contributed by atoms with Gasteiger partial charge in [-0.1, -0.05) is 19.1 Å². The van der Waals surface area contributed by atoms with Crippen LogP contribution in [0, 0.1) is 0 Å². The molecule has 1 saturated heterocycles. The molecule has 4 heteroatoms. The Morgan fingerprint density at radius 3 is 2.85 bits per heavy atom. The van der Waals surface area contributed by atoms with E-state index in [0.29, 0.717) is 31.2 Å². The average molecular weight is 275 g/mol. The van der Waals surface area contributed by atoms with Crippen LogP contribution < -0.4 is 4.74 Å². The van der Waals surface area contributed by atoms with Crippen LogP contribution in [0.25, 0.3) is 0 Å². The molecular formula is C16H21NO3. The summed E-state index contributed by atoms with van der Waals surface area (Å²) in [6, 6.07) is 5.88. The van der Waals surface area contributed by atoms with Gasteiger partial charge in [-0.2, -0.15) is 0 Å². The van der Waals surface area contributed by atoms with Gasteiger partial charge in [-0.25, -0.2) is 0 Å². The molecule has 4 nitrogen and oxygen atoms in total. The number of fused-ring (bicyclic) bond motifs is 1. The van der Waals surface area contributed by atoms with Crippen LogP contribution in [0.15, 0.2) is 18.2 Å². The topological polar surface area (TPSA) is 38.8 Å². The minimum atomic E-state index is 0.0540. The maximum atomic E-state index is 12.7. The highest BCUT2D eigenvalue weighted by molar-refractivity contribution is 5.97. The smallest absolute Gasteiger partial charge is 0.257 e. The molecule has 108 valence electrons. The van der Waals surface area contributed by atoms with Crippen molar-refractivity contribution >= 4 is 5.91 Å². The molecule has 3 rings (SSSR count). The van der Waals surface area contributed by atoms with Gasteiger partial charge in [-0.05, 0) is 19.9 Å². The van der Waals surface area contributed by atoms with E-state index in [9.17, 15) is 4.79 Å². The van der Waals surface area contributed by atoms with Crippen LogP contribution >= 0.6 is 0 Å². The van der Waals surface area contributed by atoms with Crippen molar-refractivity contribution in [3.05, 3.63) is 29.3 Å². The normalized spacial score (nSPS) is 28.9. The number of nitrogens with zero attached hydrogens (tertiary/aromatic N) is 1. The number of hydrogen-bond acceptors (Lipinski definition) is 3. The van der Waals surface area contributed by atoms with Crippen LogP contribution in [0.3, 0.4) is 0 Å². The number of rotatable bonds is 1. The Hall–Kier alpha value is -1.55. The highest BCUT2D eigenvalue weighted by Crippen LogP contribution is 2.40. The average Bonchev–Trinajstić information content (AvgIpc) is 2.74. The highest BCUT2D eigenvalue weighted by Gasteiger charge is 2.33. The molecule has 3 unspecified atom stereocenters. The Balaban J connectivity index is 1.90. The summed E-state index contributed by atoms with van der Waals surface area (Å²) >= 11 is 0. The number of carbonyl (C=O) groups is 1. The number of amides is 1. The fraction of sp³-hybridized carbons (Fsp3) is 0.562. The lowest BCUT2D eigenvalue weighted by Crippen LogP contribution is -2.44. The lowest BCUT2D eigenvalue weighted by atomic mass is 9.96. The van der Waals surface area contributed by atoms with Gasteiger partial charge in [0.1, 0.15) is 11.9 Å². The maximum Gasteiger partial charge on any atom is 0.257 e. The summed E-state index contributed by atoms with van der Waals surface area (Å²) in [5, 5.41) is 0. The Bertz CT molecular complexity index is 528. The molecule has 0 bridgehead atoms. The number of para-hydroxylation sites is 1. The number of carbonyl (C=O) groups excluding carboxylic acids is 1. The number of ether oxygens (including phenoxy) is 2. The Labute approximate surface area is 119 Å². The fourth-order valence-electron chi connectivity index (χ4n) is 2.93. The summed E-state index contributed by atoms with van der Waals surface area (Å²) < 4.78 is 11.4. The summed E-state index contributed by atoms with van der Waals surface area (Å²) in [5.74, 6) is 1.16. The van der Waals surface area contributed by atoms with E-state index >= 15 is 0 Å². The van der Waals surface area contributed by atoms with Crippen molar-refractivity contribution in [3.63, 3.8) is 0 Å². The molecule has 0 N–H and O–H groups in total. The van der Waals surface area contributed by atoms with Crippen LogP contribution in [0.2, 0.25) is 0 Å². The van der Waals surface area contributed by atoms with Crippen LogP contribution in [-0.4, -0.2) is 42.7 Å². The van der Waals surface area contributed by atoms with Crippen molar-refractivity contribution < 1.29 is 14.3 Å². The third-order valence-corrected chi connectivity index (χ3v) is 4.30. The molecule has 20 heavy (non-hydrogen) atoms. The zero-order valence-corrected chi connectivity index (χ0v) is 12.3. The van der Waals surface area contributed by atoms with E-state index in [1.165, 1.54) is 0 Å². The molecule has 0 aliphatic carbocycles. The summed E-state index contributed by atoms with van der Waals surface area (Å²) in [5.41, 5.74) is 1.83. The number of hydrogen-bond donors (Lipinski definition) is 0. The van der Waals surface area contributed by atoms with Gasteiger partial charge < -0.3 is 14.4 Å². The molecule has 1 aromatic carbocycles. The second-order valence-corrected chi connectivity index (χ2v) is 5.77. The van der Waals surface area contributed by atoms with Gasteiger partial charge in [-0.15, -0.1) is 0 Å². The molecule has 2 aliphatic heterocycles. The van der Waals surface area contributed by atoms with Crippen molar-refractivity contribution in [2.24, 2.45) is 0 Å². The number of morpholine rings is 1. The van der Waals surface area contributed by atoms with Crippen molar-refractivity contribution in [2.45, 2.75) is 38.9 Å². The third kappa shape index (κ3) is 2.18. The maximum absolute atomic E-state index is 12.7. The second kappa shape index (κ2) is 5.09. The van der Waals surface area contributed by atoms with E-state index in [2.05, 4.69) is 19.9 Å². The van der Waals surface area contributed by atoms with Crippen LogP contribution in [0.1, 0.15) is 42.6 Å². The number of benzene rings is 1. The first-order valence-electron chi connectivity index (χ1n) is 7.28. The van der Waals surface area contributed by atoms with Crippen molar-refractivity contribution in [2.75, 3.05) is 19.7 Å². The predicted octanol–water partition coefficient (Wildman–Crippen LogP) is 2.43. The molecule has 1 aromatic rings. The molecule has 0 aromatic heterocycles. The summed E-state index contributed by atoms with van der Waals surface area (Å²) in [6.07, 6.45) is 0.228. The van der Waals surface area contributed by atoms with E-state index in [-0.39, 0.29) is 18.1 Å². The Morgan fingerprint density at radius 1 is 1.30 bits per heavy atom. The first-order chi connectivity index (χ1) is 9.58. The standard InChI is InChI=1S/C16H21NO3/c1-10-9-17(7-8-19-10)16(18)14-6-4-5-13-11(2)12(3)20-15(13)14/h4-6,10-12H,7-9H2,1-3H3. The SMILES string of the molecule is CC1CN(C(=O)c2cccc3c2OC(C)C3C)CCO1. The molecule has 2 heterocycles. The monoisotopic (exact) mass is 275 g/mol. The summed E-state index contributed by atoms with van der Waals surface area (Å²) in [7, 11) is 0. The predicted molar refractivity (Wildman–Crippen MR) is 76.3 cm³/mol. The lowest BCUT2D eigenvalue weighted by Gasteiger charge is -2.31. The lowest BCUT2D eigenvalue weighted by molar-refractivity contribution is -0.0125. The molecule has 1 amide bonds. The van der Waals surface area contributed by atoms with Crippen molar-refractivity contribution in [1.29, 1.82) is 0 Å². The molecule has 0 spiro atoms. The quantitative estimate of drug-likeness (QED) is 0.790. The first kappa shape index (κ1) is 13.4. The molecule has 3 atom stereocenters. The van der Waals surface area contributed by atoms with Gasteiger partial charge in [0.15, 0.2) is 0 Å². The van der Waals surface area contributed by atoms with Gasteiger partial charge in [0.25, 0.3) is 5.91 Å². The Kier molecular flexibility index (Phi) is 3.42. The van der Waals surface area contributed by atoms with E-state index in [4.69, 9.17) is 9.47 Å². The minimum absolute atomic E-state index is 0.0540. The van der Waals surface area contributed by atoms with E-state index < -0.39 is 0 Å². The minimum Gasteiger partial charge on any atom is -0.489 e. The fourth-order valence-corrected chi connectivity index (χ4v) is 2.93. The van der Waals surface area contributed by atoms with Crippen LogP contribution in [0.5, 0.6) is 5.75 Å². The molecule has 0 radical (unpaired) electrons. The van der Waals surface area contributed by atoms with Gasteiger partial charge in [0.2, 0.25) is 0 Å². The van der Waals surface area contributed by atoms with E-state index in [0.717, 1.165) is 11.3 Å². The third-order valence-electron chi connectivity index (χ3n) is 4.30. The van der Waals surface area contributed by atoms with Crippen molar-refractivity contribution in [3.8, 4) is 5.75 Å². The first-order valence-corrected chi connectivity index (χ1v) is 7.28. The zero-order valence-electron chi connectivity index (χ0n) is 12.3. The molecule has 0 saturated carbocycles. The van der Waals surface area contributed by atoms with E-state index in [1.807, 2.05) is 24.0 Å². The highest BCUT2D eigenvalue weighted by atomic mass is 16.5. The van der Waals surface area contributed by atoms with Gasteiger partial charge in [-0.3, -0.25) is 4.79 Å². The van der Waals surface area contributed by atoms with Gasteiger partial charge in [0.05, 0.1) is 18.3 Å². The summed E-state index contributed by atoms with van der Waals surface area (Å²) in [4.78, 5) is 14.6. The molecular weight excluding hydrogens is 254 g/mol.